The zero-order chi connectivity index (χ0) is 19.4. The topological polar surface area (TPSA) is 65.2 Å². The minimum absolute atomic E-state index is 0.111. The molecular weight excluding hydrogens is 389 g/mol. The van der Waals surface area contributed by atoms with Crippen molar-refractivity contribution >= 4 is 29.1 Å². The highest BCUT2D eigenvalue weighted by Gasteiger charge is 2.16. The van der Waals surface area contributed by atoms with Crippen molar-refractivity contribution in [3.05, 3.63) is 64.2 Å². The molecule has 27 heavy (non-hydrogen) atoms. The van der Waals surface area contributed by atoms with Gasteiger partial charge >= 0.3 is 0 Å². The van der Waals surface area contributed by atoms with Crippen molar-refractivity contribution in [3.8, 4) is 5.75 Å². The van der Waals surface area contributed by atoms with E-state index in [0.29, 0.717) is 28.0 Å². The number of halogens is 2. The van der Waals surface area contributed by atoms with Gasteiger partial charge in [-0.15, -0.1) is 0 Å². The molecule has 2 heterocycles. The summed E-state index contributed by atoms with van der Waals surface area (Å²) in [6.45, 7) is 3.37. The third kappa shape index (κ3) is 4.61. The number of aromatic nitrogens is 4. The van der Waals surface area contributed by atoms with Gasteiger partial charge in [0.05, 0.1) is 11.2 Å². The third-order valence-corrected chi connectivity index (χ3v) is 4.71. The minimum Gasteiger partial charge on any atom is -0.470 e. The molecule has 3 rings (SSSR count). The van der Waals surface area contributed by atoms with E-state index in [0.717, 1.165) is 12.1 Å². The Hall–Kier alpha value is -2.51. The molecule has 0 radical (unpaired) electrons. The number of hydrogen-bond acceptors (Lipinski definition) is 4. The molecule has 0 bridgehead atoms. The van der Waals surface area contributed by atoms with Gasteiger partial charge in [0.1, 0.15) is 10.8 Å². The lowest BCUT2D eigenvalue weighted by atomic mass is 10.3. The molecule has 1 aromatic carbocycles. The van der Waals surface area contributed by atoms with Gasteiger partial charge in [0.2, 0.25) is 0 Å². The molecule has 2 aromatic heterocycles. The van der Waals surface area contributed by atoms with Gasteiger partial charge in [0, 0.05) is 38.1 Å². The number of benzene rings is 1. The van der Waals surface area contributed by atoms with Crippen molar-refractivity contribution < 1.29 is 9.53 Å². The van der Waals surface area contributed by atoms with Gasteiger partial charge in [0.15, 0.2) is 12.4 Å². The van der Waals surface area contributed by atoms with Crippen molar-refractivity contribution in [3.63, 3.8) is 0 Å². The van der Waals surface area contributed by atoms with E-state index in [4.69, 9.17) is 27.9 Å². The number of rotatable bonds is 7. The summed E-state index contributed by atoms with van der Waals surface area (Å²) >= 11 is 12.1. The quantitative estimate of drug-likeness (QED) is 0.598. The maximum Gasteiger partial charge on any atom is 0.274 e. The van der Waals surface area contributed by atoms with E-state index in [9.17, 15) is 4.79 Å². The van der Waals surface area contributed by atoms with Crippen LogP contribution < -0.4 is 4.74 Å². The van der Waals surface area contributed by atoms with Crippen LogP contribution in [0.3, 0.4) is 0 Å². The van der Waals surface area contributed by atoms with Crippen LogP contribution in [0, 0.1) is 0 Å². The van der Waals surface area contributed by atoms with E-state index in [1.54, 1.807) is 48.6 Å². The number of aryl methyl sites for hydroxylation is 1. The van der Waals surface area contributed by atoms with E-state index in [1.807, 2.05) is 17.8 Å². The summed E-state index contributed by atoms with van der Waals surface area (Å²) < 4.78 is 8.96. The molecule has 0 unspecified atom stereocenters. The molecular formula is C18H19Cl2N5O2. The van der Waals surface area contributed by atoms with Gasteiger partial charge < -0.3 is 9.64 Å². The zero-order valence-corrected chi connectivity index (χ0v) is 16.5. The van der Waals surface area contributed by atoms with Crippen LogP contribution in [0.25, 0.3) is 0 Å². The van der Waals surface area contributed by atoms with Gasteiger partial charge in [-0.1, -0.05) is 29.3 Å². The summed E-state index contributed by atoms with van der Waals surface area (Å²) in [5, 5.41) is 9.24. The van der Waals surface area contributed by atoms with E-state index < -0.39 is 0 Å². The highest BCUT2D eigenvalue weighted by Crippen LogP contribution is 2.31. The molecule has 0 aliphatic rings. The first kappa shape index (κ1) is 19.3. The van der Waals surface area contributed by atoms with Gasteiger partial charge in [-0.2, -0.15) is 10.2 Å². The van der Waals surface area contributed by atoms with Crippen molar-refractivity contribution in [2.75, 3.05) is 7.05 Å². The number of carbonyl (C=O) groups excluding carboxylic acids is 1. The fourth-order valence-electron chi connectivity index (χ4n) is 2.48. The Labute approximate surface area is 167 Å². The maximum absolute atomic E-state index is 12.6. The Balaban J connectivity index is 1.60. The van der Waals surface area contributed by atoms with E-state index >= 15 is 0 Å². The number of ether oxygens (including phenoxy) is 1. The van der Waals surface area contributed by atoms with Crippen molar-refractivity contribution in [2.45, 2.75) is 26.7 Å². The molecule has 3 aromatic rings. The molecule has 9 heteroatoms. The molecule has 0 aliphatic heterocycles. The summed E-state index contributed by atoms with van der Waals surface area (Å²) in [5.74, 6) is 0.274. The number of nitrogens with zero attached hydrogens (tertiary/aromatic N) is 5. The molecule has 0 saturated carbocycles. The summed E-state index contributed by atoms with van der Waals surface area (Å²) in [6.07, 6.45) is 5.36. The van der Waals surface area contributed by atoms with Crippen LogP contribution in [-0.4, -0.2) is 37.4 Å². The Morgan fingerprint density at radius 2 is 2.07 bits per heavy atom. The first-order chi connectivity index (χ1) is 13.0. The molecule has 0 N–H and O–H groups in total. The fraction of sp³-hybridized carbons (Fsp3) is 0.278. The second-order valence-electron chi connectivity index (χ2n) is 5.93. The SMILES string of the molecule is CCn1cc(CN(C)C(=O)c2ccn(COc3cccc(Cl)c3Cl)n2)cn1. The number of carbonyl (C=O) groups is 1. The smallest absolute Gasteiger partial charge is 0.274 e. The van der Waals surface area contributed by atoms with Gasteiger partial charge in [-0.25, -0.2) is 4.68 Å². The van der Waals surface area contributed by atoms with Crippen molar-refractivity contribution in [1.82, 2.24) is 24.5 Å². The molecule has 0 fully saturated rings. The van der Waals surface area contributed by atoms with E-state index in [2.05, 4.69) is 10.2 Å². The van der Waals surface area contributed by atoms with Crippen LogP contribution >= 0.6 is 23.2 Å². The molecule has 0 saturated heterocycles. The molecule has 1 amide bonds. The number of hydrogen-bond donors (Lipinski definition) is 0. The van der Waals surface area contributed by atoms with Gasteiger partial charge in [0.25, 0.3) is 5.91 Å². The summed E-state index contributed by atoms with van der Waals surface area (Å²) in [4.78, 5) is 14.2. The van der Waals surface area contributed by atoms with E-state index in [-0.39, 0.29) is 12.6 Å². The first-order valence-electron chi connectivity index (χ1n) is 8.35. The van der Waals surface area contributed by atoms with Crippen molar-refractivity contribution in [1.29, 1.82) is 0 Å². The molecule has 7 nitrogen and oxygen atoms in total. The average molecular weight is 408 g/mol. The van der Waals surface area contributed by atoms with Crippen molar-refractivity contribution in [2.24, 2.45) is 0 Å². The normalized spacial score (nSPS) is 10.8. The highest BCUT2D eigenvalue weighted by atomic mass is 35.5. The van der Waals surface area contributed by atoms with Gasteiger partial charge in [-0.3, -0.25) is 9.48 Å². The van der Waals surface area contributed by atoms with Gasteiger partial charge in [-0.05, 0) is 25.1 Å². The Morgan fingerprint density at radius 3 is 2.81 bits per heavy atom. The number of amides is 1. The lowest BCUT2D eigenvalue weighted by molar-refractivity contribution is 0.0777. The van der Waals surface area contributed by atoms with Crippen LogP contribution in [0.5, 0.6) is 5.75 Å². The summed E-state index contributed by atoms with van der Waals surface area (Å²) in [6, 6.07) is 6.80. The lowest BCUT2D eigenvalue weighted by Crippen LogP contribution is -2.26. The van der Waals surface area contributed by atoms with Crippen LogP contribution in [0.4, 0.5) is 0 Å². The molecule has 142 valence electrons. The molecule has 0 atom stereocenters. The Kier molecular flexibility index (Phi) is 6.03. The van der Waals surface area contributed by atoms with Crippen LogP contribution in [0.2, 0.25) is 10.0 Å². The van der Waals surface area contributed by atoms with Crippen LogP contribution in [0.1, 0.15) is 23.0 Å². The largest absolute Gasteiger partial charge is 0.470 e. The summed E-state index contributed by atoms with van der Waals surface area (Å²) in [7, 11) is 1.73. The fourth-order valence-corrected chi connectivity index (χ4v) is 2.83. The first-order valence-corrected chi connectivity index (χ1v) is 9.10. The van der Waals surface area contributed by atoms with Crippen LogP contribution in [-0.2, 0) is 19.8 Å². The second-order valence-corrected chi connectivity index (χ2v) is 6.72. The Bertz CT molecular complexity index is 937. The second kappa shape index (κ2) is 8.45. The molecule has 0 aliphatic carbocycles. The standard InChI is InChI=1S/C18H19Cl2N5O2/c1-3-24-11-13(9-21-24)10-23(2)18(26)15-7-8-25(22-15)12-27-16-6-4-5-14(19)17(16)20/h4-9,11H,3,10,12H2,1-2H3. The third-order valence-electron chi connectivity index (χ3n) is 3.91. The zero-order valence-electron chi connectivity index (χ0n) is 15.0. The highest BCUT2D eigenvalue weighted by molar-refractivity contribution is 6.42. The molecule has 0 spiro atoms. The van der Waals surface area contributed by atoms with E-state index in [1.165, 1.54) is 4.68 Å². The monoisotopic (exact) mass is 407 g/mol. The average Bonchev–Trinajstić information content (AvgIpc) is 3.31. The van der Waals surface area contributed by atoms with Crippen LogP contribution in [0.15, 0.2) is 42.9 Å². The summed E-state index contributed by atoms with van der Waals surface area (Å²) in [5.41, 5.74) is 1.30. The predicted molar refractivity (Wildman–Crippen MR) is 103 cm³/mol. The minimum atomic E-state index is -0.182. The maximum atomic E-state index is 12.6. The lowest BCUT2D eigenvalue weighted by Gasteiger charge is -2.14. The Morgan fingerprint density at radius 1 is 1.26 bits per heavy atom. The predicted octanol–water partition coefficient (Wildman–Crippen LogP) is 3.72.